The second kappa shape index (κ2) is 5.38. The highest BCUT2D eigenvalue weighted by atomic mass is 32.2. The van der Waals surface area contributed by atoms with E-state index in [0.717, 1.165) is 6.07 Å². The lowest BCUT2D eigenvalue weighted by atomic mass is 10.4. The number of hydrogen-bond donors (Lipinski definition) is 1. The lowest BCUT2D eigenvalue weighted by Gasteiger charge is -2.13. The summed E-state index contributed by atoms with van der Waals surface area (Å²) < 4.78 is 43.5. The first-order valence-corrected chi connectivity index (χ1v) is 6.21. The van der Waals surface area contributed by atoms with Gasteiger partial charge in [-0.05, 0) is 25.1 Å². The van der Waals surface area contributed by atoms with Crippen LogP contribution in [0.2, 0.25) is 0 Å². The van der Waals surface area contributed by atoms with Gasteiger partial charge in [0.1, 0.15) is 5.82 Å². The topological polar surface area (TPSA) is 55.4 Å². The fraction of sp³-hybridized carbons (Fsp3) is 0.400. The van der Waals surface area contributed by atoms with Gasteiger partial charge in [0.05, 0.1) is 11.5 Å². The number of halogens is 1. The Hall–Kier alpha value is -0.980. The van der Waals surface area contributed by atoms with Crippen LogP contribution in [0, 0.1) is 5.82 Å². The third-order valence-corrected chi connectivity index (χ3v) is 3.47. The fourth-order valence-electron chi connectivity index (χ4n) is 1.25. The van der Waals surface area contributed by atoms with Crippen molar-refractivity contribution in [2.45, 2.75) is 17.9 Å². The largest absolute Gasteiger partial charge is 0.383 e. The zero-order valence-electron chi connectivity index (χ0n) is 9.10. The molecule has 0 unspecified atom stereocenters. The molecule has 6 heteroatoms. The minimum atomic E-state index is -3.67. The average molecular weight is 247 g/mol. The van der Waals surface area contributed by atoms with Crippen LogP contribution in [-0.2, 0) is 14.8 Å². The normalized spacial score (nSPS) is 13.7. The standard InChI is InChI=1S/C10H14FNO3S/c1-8(7-15-2)12-16(13,14)10-5-3-4-9(11)6-10/h3-6,8,12H,7H2,1-2H3/t8-/m1/s1. The number of sulfonamides is 1. The van der Waals surface area contributed by atoms with Gasteiger partial charge in [0.25, 0.3) is 0 Å². The first-order chi connectivity index (χ1) is 7.45. The van der Waals surface area contributed by atoms with Crippen molar-refractivity contribution >= 4 is 10.0 Å². The molecule has 1 rings (SSSR count). The minimum absolute atomic E-state index is 0.0875. The van der Waals surface area contributed by atoms with Gasteiger partial charge in [-0.3, -0.25) is 0 Å². The van der Waals surface area contributed by atoms with E-state index in [2.05, 4.69) is 4.72 Å². The quantitative estimate of drug-likeness (QED) is 0.849. The summed E-state index contributed by atoms with van der Waals surface area (Å²) >= 11 is 0. The molecule has 0 saturated heterocycles. The SMILES string of the molecule is COC[C@@H](C)NS(=O)(=O)c1cccc(F)c1. The maximum absolute atomic E-state index is 12.9. The smallest absolute Gasteiger partial charge is 0.240 e. The molecular formula is C10H14FNO3S. The highest BCUT2D eigenvalue weighted by Crippen LogP contribution is 2.10. The van der Waals surface area contributed by atoms with Gasteiger partial charge in [-0.1, -0.05) is 6.07 Å². The van der Waals surface area contributed by atoms with E-state index >= 15 is 0 Å². The Labute approximate surface area is 94.5 Å². The highest BCUT2D eigenvalue weighted by molar-refractivity contribution is 7.89. The van der Waals surface area contributed by atoms with Crippen LogP contribution < -0.4 is 4.72 Å². The second-order valence-electron chi connectivity index (χ2n) is 3.44. The summed E-state index contributed by atoms with van der Waals surface area (Å²) in [5.74, 6) is -0.581. The third kappa shape index (κ3) is 3.55. The molecule has 16 heavy (non-hydrogen) atoms. The molecule has 1 atom stereocenters. The van der Waals surface area contributed by atoms with Gasteiger partial charge >= 0.3 is 0 Å². The van der Waals surface area contributed by atoms with E-state index in [-0.39, 0.29) is 17.5 Å². The number of benzene rings is 1. The van der Waals surface area contributed by atoms with Crippen molar-refractivity contribution in [3.8, 4) is 0 Å². The van der Waals surface area contributed by atoms with E-state index < -0.39 is 15.8 Å². The van der Waals surface area contributed by atoms with Crippen molar-refractivity contribution in [1.82, 2.24) is 4.72 Å². The van der Waals surface area contributed by atoms with Crippen molar-refractivity contribution in [2.24, 2.45) is 0 Å². The highest BCUT2D eigenvalue weighted by Gasteiger charge is 2.17. The molecule has 0 aliphatic carbocycles. The van der Waals surface area contributed by atoms with E-state index in [1.807, 2.05) is 0 Å². The zero-order valence-corrected chi connectivity index (χ0v) is 9.92. The first-order valence-electron chi connectivity index (χ1n) is 4.72. The number of ether oxygens (including phenoxy) is 1. The van der Waals surface area contributed by atoms with Crippen LogP contribution in [0.3, 0.4) is 0 Å². The summed E-state index contributed by atoms with van der Waals surface area (Å²) in [5, 5.41) is 0. The van der Waals surface area contributed by atoms with Gasteiger partial charge in [0.2, 0.25) is 10.0 Å². The Morgan fingerprint density at radius 2 is 2.19 bits per heavy atom. The van der Waals surface area contributed by atoms with Crippen LogP contribution in [0.15, 0.2) is 29.2 Å². The molecular weight excluding hydrogens is 233 g/mol. The van der Waals surface area contributed by atoms with Gasteiger partial charge in [0.15, 0.2) is 0 Å². The summed E-state index contributed by atoms with van der Waals surface area (Å²) in [6, 6.07) is 4.49. The molecule has 0 aliphatic heterocycles. The third-order valence-electron chi connectivity index (χ3n) is 1.88. The van der Waals surface area contributed by atoms with Gasteiger partial charge in [-0.25, -0.2) is 17.5 Å². The molecule has 1 N–H and O–H groups in total. The number of methoxy groups -OCH3 is 1. The van der Waals surface area contributed by atoms with E-state index in [4.69, 9.17) is 4.74 Å². The molecule has 0 radical (unpaired) electrons. The molecule has 4 nitrogen and oxygen atoms in total. The van der Waals surface area contributed by atoms with Crippen LogP contribution in [-0.4, -0.2) is 28.2 Å². The van der Waals surface area contributed by atoms with E-state index in [1.165, 1.54) is 25.3 Å². The van der Waals surface area contributed by atoms with Crippen LogP contribution in [0.4, 0.5) is 4.39 Å². The monoisotopic (exact) mass is 247 g/mol. The molecule has 1 aromatic carbocycles. The van der Waals surface area contributed by atoms with Crippen molar-refractivity contribution in [2.75, 3.05) is 13.7 Å². The Bertz CT molecular complexity index is 447. The maximum Gasteiger partial charge on any atom is 0.240 e. The fourth-order valence-corrected chi connectivity index (χ4v) is 2.51. The second-order valence-corrected chi connectivity index (χ2v) is 5.15. The Morgan fingerprint density at radius 1 is 1.50 bits per heavy atom. The summed E-state index contributed by atoms with van der Waals surface area (Å²) in [6.07, 6.45) is 0. The van der Waals surface area contributed by atoms with E-state index in [1.54, 1.807) is 6.92 Å². The Kier molecular flexibility index (Phi) is 4.40. The van der Waals surface area contributed by atoms with Crippen molar-refractivity contribution in [3.63, 3.8) is 0 Å². The van der Waals surface area contributed by atoms with Gasteiger partial charge in [-0.15, -0.1) is 0 Å². The molecule has 0 spiro atoms. The molecule has 0 aliphatic rings. The maximum atomic E-state index is 12.9. The predicted octanol–water partition coefficient (Wildman–Crippen LogP) is 1.14. The van der Waals surface area contributed by atoms with Gasteiger partial charge in [-0.2, -0.15) is 0 Å². The molecule has 0 fully saturated rings. The summed E-state index contributed by atoms with van der Waals surface area (Å²) in [6.45, 7) is 1.93. The van der Waals surface area contributed by atoms with E-state index in [0.29, 0.717) is 0 Å². The molecule has 0 aromatic heterocycles. The van der Waals surface area contributed by atoms with Crippen LogP contribution in [0.1, 0.15) is 6.92 Å². The van der Waals surface area contributed by atoms with Crippen LogP contribution in [0.25, 0.3) is 0 Å². The molecule has 0 bridgehead atoms. The number of nitrogens with one attached hydrogen (secondary N) is 1. The molecule has 90 valence electrons. The molecule has 0 amide bonds. The Balaban J connectivity index is 2.86. The number of hydrogen-bond acceptors (Lipinski definition) is 3. The van der Waals surface area contributed by atoms with Crippen LogP contribution in [0.5, 0.6) is 0 Å². The Morgan fingerprint density at radius 3 is 2.75 bits per heavy atom. The number of rotatable bonds is 5. The molecule has 1 aromatic rings. The predicted molar refractivity (Wildman–Crippen MR) is 58.1 cm³/mol. The summed E-state index contributed by atoms with van der Waals surface area (Å²) in [7, 11) is -2.20. The van der Waals surface area contributed by atoms with E-state index in [9.17, 15) is 12.8 Å². The lowest BCUT2D eigenvalue weighted by Crippen LogP contribution is -2.35. The summed E-state index contributed by atoms with van der Waals surface area (Å²) in [4.78, 5) is -0.0875. The zero-order chi connectivity index (χ0) is 12.2. The first kappa shape index (κ1) is 13.1. The van der Waals surface area contributed by atoms with Gasteiger partial charge in [0, 0.05) is 13.2 Å². The summed E-state index contributed by atoms with van der Waals surface area (Å²) in [5.41, 5.74) is 0. The van der Waals surface area contributed by atoms with Crippen molar-refractivity contribution in [3.05, 3.63) is 30.1 Å². The average Bonchev–Trinajstić information content (AvgIpc) is 2.17. The molecule has 0 saturated carbocycles. The lowest BCUT2D eigenvalue weighted by molar-refractivity contribution is 0.180. The minimum Gasteiger partial charge on any atom is -0.383 e. The molecule has 0 heterocycles. The van der Waals surface area contributed by atoms with Crippen molar-refractivity contribution < 1.29 is 17.5 Å². The van der Waals surface area contributed by atoms with Crippen LogP contribution >= 0.6 is 0 Å². The van der Waals surface area contributed by atoms with Crippen molar-refractivity contribution in [1.29, 1.82) is 0 Å². The van der Waals surface area contributed by atoms with Gasteiger partial charge < -0.3 is 4.74 Å².